The number of hydrogen-bond acceptors (Lipinski definition) is 2. The van der Waals surface area contributed by atoms with Gasteiger partial charge in [-0.05, 0) is 31.4 Å². The van der Waals surface area contributed by atoms with E-state index >= 15 is 0 Å². The van der Waals surface area contributed by atoms with E-state index in [1.807, 2.05) is 0 Å². The van der Waals surface area contributed by atoms with Gasteiger partial charge in [-0.25, -0.2) is 0 Å². The number of nitrogens with one attached hydrogen (secondary N) is 1. The van der Waals surface area contributed by atoms with Crippen LogP contribution < -0.4 is 5.32 Å². The van der Waals surface area contributed by atoms with Crippen LogP contribution in [0.1, 0.15) is 19.3 Å². The second-order valence-electron chi connectivity index (χ2n) is 4.13. The highest BCUT2D eigenvalue weighted by molar-refractivity contribution is 6.41. The number of hydrogen-bond donors (Lipinski definition) is 1. The Kier molecular flexibility index (Phi) is 4.80. The number of benzene rings is 1. The summed E-state index contributed by atoms with van der Waals surface area (Å²) in [5.74, 6) is 0. The summed E-state index contributed by atoms with van der Waals surface area (Å²) in [6.45, 7) is 1.61. The van der Waals surface area contributed by atoms with Crippen LogP contribution in [0.2, 0.25) is 15.1 Å². The Morgan fingerprint density at radius 1 is 1.06 bits per heavy atom. The van der Waals surface area contributed by atoms with E-state index in [0.29, 0.717) is 21.1 Å². The van der Waals surface area contributed by atoms with Gasteiger partial charge in [0.15, 0.2) is 0 Å². The second kappa shape index (κ2) is 6.14. The zero-order valence-electron chi connectivity index (χ0n) is 9.31. The summed E-state index contributed by atoms with van der Waals surface area (Å²) in [7, 11) is 0. The minimum Gasteiger partial charge on any atom is -0.381 e. The maximum Gasteiger partial charge on any atom is 0.0722 e. The molecule has 1 atom stereocenters. The van der Waals surface area contributed by atoms with Gasteiger partial charge in [0.1, 0.15) is 0 Å². The molecule has 1 aliphatic rings. The lowest BCUT2D eigenvalue weighted by Crippen LogP contribution is -2.20. The van der Waals surface area contributed by atoms with Crippen molar-refractivity contribution in [2.75, 3.05) is 18.5 Å². The molecule has 0 spiro atoms. The highest BCUT2D eigenvalue weighted by Crippen LogP contribution is 2.34. The Morgan fingerprint density at radius 3 is 2.47 bits per heavy atom. The largest absolute Gasteiger partial charge is 0.381 e. The van der Waals surface area contributed by atoms with Gasteiger partial charge in [-0.2, -0.15) is 0 Å². The molecule has 1 saturated heterocycles. The summed E-state index contributed by atoms with van der Waals surface area (Å²) in [6.07, 6.45) is 3.09. The predicted octanol–water partition coefficient (Wildman–Crippen LogP) is 4.63. The molecule has 0 saturated carbocycles. The van der Waals surface area contributed by atoms with Crippen LogP contribution in [0.5, 0.6) is 0 Å². The molecular weight excluding hydrogens is 280 g/mol. The summed E-state index contributed by atoms with van der Waals surface area (Å²) in [5.41, 5.74) is 0.768. The zero-order chi connectivity index (χ0) is 12.3. The van der Waals surface area contributed by atoms with Crippen LogP contribution in [-0.4, -0.2) is 19.3 Å². The van der Waals surface area contributed by atoms with Gasteiger partial charge in [-0.3, -0.25) is 0 Å². The first kappa shape index (κ1) is 13.3. The first-order valence-corrected chi connectivity index (χ1v) is 6.79. The topological polar surface area (TPSA) is 21.3 Å². The van der Waals surface area contributed by atoms with Crippen LogP contribution in [0.4, 0.5) is 5.69 Å². The highest BCUT2D eigenvalue weighted by atomic mass is 35.5. The summed E-state index contributed by atoms with van der Waals surface area (Å²) in [6, 6.07) is 3.75. The predicted molar refractivity (Wildman–Crippen MR) is 73.6 cm³/mol. The van der Waals surface area contributed by atoms with Crippen LogP contribution in [0, 0.1) is 0 Å². The van der Waals surface area contributed by atoms with E-state index in [9.17, 15) is 0 Å². The fourth-order valence-electron chi connectivity index (χ4n) is 1.93. The van der Waals surface area contributed by atoms with Crippen molar-refractivity contribution < 1.29 is 4.74 Å². The molecule has 0 aliphatic carbocycles. The number of halogens is 3. The highest BCUT2D eigenvalue weighted by Gasteiger charge is 2.15. The SMILES string of the molecule is Clc1cc(Cl)c(NC2CCCOCC2)c(Cl)c1. The molecule has 0 aromatic heterocycles. The molecule has 0 bridgehead atoms. The molecule has 1 fully saturated rings. The standard InChI is InChI=1S/C12H14Cl3NO/c13-8-6-10(14)12(11(15)7-8)16-9-2-1-4-17-5-3-9/h6-7,9,16H,1-5H2. The first-order valence-electron chi connectivity index (χ1n) is 5.65. The third-order valence-corrected chi connectivity index (χ3v) is 3.62. The van der Waals surface area contributed by atoms with Crippen molar-refractivity contribution in [3.8, 4) is 0 Å². The van der Waals surface area contributed by atoms with Gasteiger partial charge in [0.05, 0.1) is 15.7 Å². The first-order chi connectivity index (χ1) is 8.16. The lowest BCUT2D eigenvalue weighted by atomic mass is 10.1. The van der Waals surface area contributed by atoms with E-state index in [0.717, 1.165) is 38.2 Å². The Morgan fingerprint density at radius 2 is 1.76 bits per heavy atom. The second-order valence-corrected chi connectivity index (χ2v) is 5.38. The average molecular weight is 295 g/mol. The molecule has 94 valence electrons. The van der Waals surface area contributed by atoms with Gasteiger partial charge in [0.2, 0.25) is 0 Å². The molecular formula is C12H14Cl3NO. The number of ether oxygens (including phenoxy) is 1. The van der Waals surface area contributed by atoms with Crippen LogP contribution >= 0.6 is 34.8 Å². The third-order valence-electron chi connectivity index (χ3n) is 2.81. The van der Waals surface area contributed by atoms with E-state index < -0.39 is 0 Å². The van der Waals surface area contributed by atoms with E-state index in [-0.39, 0.29) is 0 Å². The molecule has 0 amide bonds. The molecule has 1 aliphatic heterocycles. The lowest BCUT2D eigenvalue weighted by Gasteiger charge is -2.19. The monoisotopic (exact) mass is 293 g/mol. The van der Waals surface area contributed by atoms with Crippen molar-refractivity contribution in [2.45, 2.75) is 25.3 Å². The van der Waals surface area contributed by atoms with Crippen molar-refractivity contribution in [3.63, 3.8) is 0 Å². The Balaban J connectivity index is 2.11. The molecule has 5 heteroatoms. The Bertz CT molecular complexity index is 366. The van der Waals surface area contributed by atoms with Gasteiger partial charge in [-0.1, -0.05) is 34.8 Å². The van der Waals surface area contributed by atoms with Crippen LogP contribution in [0.3, 0.4) is 0 Å². The summed E-state index contributed by atoms with van der Waals surface area (Å²) in [5, 5.41) is 5.06. The number of rotatable bonds is 2. The fourth-order valence-corrected chi connectivity index (χ4v) is 2.86. The van der Waals surface area contributed by atoms with Crippen molar-refractivity contribution in [3.05, 3.63) is 27.2 Å². The maximum atomic E-state index is 6.13. The molecule has 1 N–H and O–H groups in total. The van der Waals surface area contributed by atoms with Crippen molar-refractivity contribution >= 4 is 40.5 Å². The molecule has 1 unspecified atom stereocenters. The van der Waals surface area contributed by atoms with Crippen LogP contribution in [0.25, 0.3) is 0 Å². The molecule has 1 aromatic rings. The number of anilines is 1. The van der Waals surface area contributed by atoms with Gasteiger partial charge < -0.3 is 10.1 Å². The molecule has 2 rings (SSSR count). The molecule has 1 aromatic carbocycles. The summed E-state index contributed by atoms with van der Waals surface area (Å²) >= 11 is 18.1. The van der Waals surface area contributed by atoms with E-state index in [1.54, 1.807) is 12.1 Å². The van der Waals surface area contributed by atoms with Crippen molar-refractivity contribution in [1.82, 2.24) is 0 Å². The molecule has 0 radical (unpaired) electrons. The summed E-state index contributed by atoms with van der Waals surface area (Å²) < 4.78 is 5.41. The van der Waals surface area contributed by atoms with E-state index in [4.69, 9.17) is 39.5 Å². The van der Waals surface area contributed by atoms with Crippen molar-refractivity contribution in [1.29, 1.82) is 0 Å². The summed E-state index contributed by atoms with van der Waals surface area (Å²) in [4.78, 5) is 0. The molecule has 1 heterocycles. The van der Waals surface area contributed by atoms with Gasteiger partial charge >= 0.3 is 0 Å². The Labute approximate surface area is 116 Å². The van der Waals surface area contributed by atoms with Gasteiger partial charge in [-0.15, -0.1) is 0 Å². The van der Waals surface area contributed by atoms with E-state index in [1.165, 1.54) is 0 Å². The smallest absolute Gasteiger partial charge is 0.0722 e. The minimum absolute atomic E-state index is 0.355. The minimum atomic E-state index is 0.355. The quantitative estimate of drug-likeness (QED) is 0.859. The zero-order valence-corrected chi connectivity index (χ0v) is 11.6. The average Bonchev–Trinajstić information content (AvgIpc) is 2.51. The maximum absolute atomic E-state index is 6.13. The van der Waals surface area contributed by atoms with Crippen LogP contribution in [0.15, 0.2) is 12.1 Å². The lowest BCUT2D eigenvalue weighted by molar-refractivity contribution is 0.144. The van der Waals surface area contributed by atoms with Crippen molar-refractivity contribution in [2.24, 2.45) is 0 Å². The third kappa shape index (κ3) is 3.65. The molecule has 17 heavy (non-hydrogen) atoms. The fraction of sp³-hybridized carbons (Fsp3) is 0.500. The molecule has 2 nitrogen and oxygen atoms in total. The van der Waals surface area contributed by atoms with Gasteiger partial charge in [0.25, 0.3) is 0 Å². The Hall–Kier alpha value is -0.150. The normalized spacial score (nSPS) is 21.0. The van der Waals surface area contributed by atoms with E-state index in [2.05, 4.69) is 5.32 Å². The van der Waals surface area contributed by atoms with Gasteiger partial charge in [0, 0.05) is 24.3 Å². The van der Waals surface area contributed by atoms with Crippen LogP contribution in [-0.2, 0) is 4.74 Å².